The summed E-state index contributed by atoms with van der Waals surface area (Å²) in [6, 6.07) is 0. The van der Waals surface area contributed by atoms with E-state index in [2.05, 4.69) is 0 Å². The normalized spacial score (nSPS) is 57.7. The third kappa shape index (κ3) is 0.551. The Morgan fingerprint density at radius 1 is 1.08 bits per heavy atom. The van der Waals surface area contributed by atoms with Crippen LogP contribution in [0.25, 0.3) is 0 Å². The van der Waals surface area contributed by atoms with E-state index in [9.17, 15) is 10.2 Å². The summed E-state index contributed by atoms with van der Waals surface area (Å²) in [6.45, 7) is 0. The van der Waals surface area contributed by atoms with E-state index in [1.165, 1.54) is 0 Å². The molecule has 0 aromatic rings. The maximum Gasteiger partial charge on any atom is 0.124 e. The molecule has 3 nitrogen and oxygen atoms in total. The van der Waals surface area contributed by atoms with Gasteiger partial charge in [0, 0.05) is 11.8 Å². The molecule has 3 atom stereocenters. The van der Waals surface area contributed by atoms with E-state index < -0.39 is 17.8 Å². The molecule has 3 aliphatic carbocycles. The lowest BCUT2D eigenvalue weighted by Crippen LogP contribution is -2.33. The van der Waals surface area contributed by atoms with Gasteiger partial charge < -0.3 is 14.9 Å². The molecule has 1 heterocycles. The van der Waals surface area contributed by atoms with Crippen LogP contribution in [-0.2, 0) is 4.74 Å². The van der Waals surface area contributed by atoms with E-state index in [1.807, 2.05) is 0 Å². The molecule has 3 heteroatoms. The molecule has 3 saturated carbocycles. The van der Waals surface area contributed by atoms with Gasteiger partial charge in [0.25, 0.3) is 0 Å². The van der Waals surface area contributed by atoms with E-state index in [-0.39, 0.29) is 11.0 Å². The largest absolute Gasteiger partial charge is 0.390 e. The number of ether oxygens (including phenoxy) is 1. The van der Waals surface area contributed by atoms with Gasteiger partial charge in [-0.25, -0.2) is 0 Å². The number of rotatable bonds is 0. The third-order valence-electron chi connectivity index (χ3n) is 4.69. The summed E-state index contributed by atoms with van der Waals surface area (Å²) in [4.78, 5) is 0. The minimum absolute atomic E-state index is 0.0100. The van der Waals surface area contributed by atoms with Gasteiger partial charge in [-0.1, -0.05) is 0 Å². The second kappa shape index (κ2) is 1.58. The van der Waals surface area contributed by atoms with Crippen molar-refractivity contribution in [2.24, 2.45) is 5.41 Å². The van der Waals surface area contributed by atoms with E-state index >= 15 is 0 Å². The fourth-order valence-electron chi connectivity index (χ4n) is 3.46. The Morgan fingerprint density at radius 2 is 1.69 bits per heavy atom. The zero-order valence-electron chi connectivity index (χ0n) is 7.49. The van der Waals surface area contributed by atoms with Gasteiger partial charge in [0.2, 0.25) is 0 Å². The molecule has 0 radical (unpaired) electrons. The standard InChI is InChI=1S/C10H14O3/c11-6-5-10(6)7(12)8(1-2-8)9(13-10)3-4-9/h6-7,11-12H,1-5H2/t6-,7+,10+/m1/s1. The summed E-state index contributed by atoms with van der Waals surface area (Å²) in [5.41, 5.74) is -0.485. The van der Waals surface area contributed by atoms with E-state index in [1.54, 1.807) is 0 Å². The zero-order valence-corrected chi connectivity index (χ0v) is 7.49. The first-order chi connectivity index (χ1) is 6.15. The minimum Gasteiger partial charge on any atom is -0.390 e. The minimum atomic E-state index is -0.535. The molecule has 4 fully saturated rings. The molecule has 0 aromatic heterocycles. The summed E-state index contributed by atoms with van der Waals surface area (Å²) in [7, 11) is 0. The molecule has 3 spiro atoms. The monoisotopic (exact) mass is 182 g/mol. The van der Waals surface area contributed by atoms with Crippen molar-refractivity contribution in [3.05, 3.63) is 0 Å². The first kappa shape index (κ1) is 7.21. The van der Waals surface area contributed by atoms with Crippen LogP contribution in [0.2, 0.25) is 0 Å². The molecule has 1 saturated heterocycles. The van der Waals surface area contributed by atoms with Gasteiger partial charge in [0.1, 0.15) is 5.60 Å². The van der Waals surface area contributed by atoms with Crippen LogP contribution in [0.3, 0.4) is 0 Å². The lowest BCUT2D eigenvalue weighted by Gasteiger charge is -2.17. The Kier molecular flexibility index (Phi) is 0.873. The Bertz CT molecular complexity index is 293. The van der Waals surface area contributed by atoms with Crippen LogP contribution in [0, 0.1) is 5.41 Å². The van der Waals surface area contributed by atoms with Crippen molar-refractivity contribution in [3.63, 3.8) is 0 Å². The Labute approximate surface area is 76.7 Å². The smallest absolute Gasteiger partial charge is 0.124 e. The fourth-order valence-corrected chi connectivity index (χ4v) is 3.46. The quantitative estimate of drug-likeness (QED) is 0.562. The van der Waals surface area contributed by atoms with Gasteiger partial charge >= 0.3 is 0 Å². The third-order valence-corrected chi connectivity index (χ3v) is 4.69. The Hall–Kier alpha value is -0.120. The highest BCUT2D eigenvalue weighted by Crippen LogP contribution is 2.77. The van der Waals surface area contributed by atoms with E-state index in [0.717, 1.165) is 25.7 Å². The number of hydrogen-bond acceptors (Lipinski definition) is 3. The molecular weight excluding hydrogens is 168 g/mol. The molecule has 2 N–H and O–H groups in total. The first-order valence-corrected chi connectivity index (χ1v) is 5.22. The van der Waals surface area contributed by atoms with Gasteiger partial charge in [-0.05, 0) is 25.7 Å². The highest BCUT2D eigenvalue weighted by atomic mass is 16.6. The maximum atomic E-state index is 10.2. The zero-order chi connectivity index (χ0) is 8.90. The summed E-state index contributed by atoms with van der Waals surface area (Å²) < 4.78 is 5.96. The van der Waals surface area contributed by atoms with Crippen molar-refractivity contribution >= 4 is 0 Å². The van der Waals surface area contributed by atoms with Crippen LogP contribution in [-0.4, -0.2) is 33.6 Å². The van der Waals surface area contributed by atoms with Crippen LogP contribution in [0.5, 0.6) is 0 Å². The summed E-state index contributed by atoms with van der Waals surface area (Å²) in [6.07, 6.45) is 4.25. The molecular formula is C10H14O3. The number of aliphatic hydroxyl groups excluding tert-OH is 2. The van der Waals surface area contributed by atoms with Crippen molar-refractivity contribution in [3.8, 4) is 0 Å². The molecule has 1 aliphatic heterocycles. The van der Waals surface area contributed by atoms with Gasteiger partial charge in [-0.3, -0.25) is 0 Å². The first-order valence-electron chi connectivity index (χ1n) is 5.22. The number of aliphatic hydroxyl groups is 2. The second-order valence-corrected chi connectivity index (χ2v) is 5.33. The van der Waals surface area contributed by atoms with Crippen LogP contribution in [0.1, 0.15) is 32.1 Å². The molecule has 0 amide bonds. The van der Waals surface area contributed by atoms with Gasteiger partial charge in [-0.15, -0.1) is 0 Å². The highest BCUT2D eigenvalue weighted by molar-refractivity contribution is 5.33. The van der Waals surface area contributed by atoms with Crippen LogP contribution < -0.4 is 0 Å². The second-order valence-electron chi connectivity index (χ2n) is 5.33. The van der Waals surface area contributed by atoms with Crippen LogP contribution in [0.4, 0.5) is 0 Å². The molecule has 13 heavy (non-hydrogen) atoms. The van der Waals surface area contributed by atoms with Crippen molar-refractivity contribution in [1.29, 1.82) is 0 Å². The summed E-state index contributed by atoms with van der Waals surface area (Å²) in [5.74, 6) is 0. The molecule has 72 valence electrons. The maximum absolute atomic E-state index is 10.2. The Morgan fingerprint density at radius 3 is 2.00 bits per heavy atom. The fraction of sp³-hybridized carbons (Fsp3) is 1.00. The molecule has 0 unspecified atom stereocenters. The van der Waals surface area contributed by atoms with Crippen molar-refractivity contribution < 1.29 is 14.9 Å². The van der Waals surface area contributed by atoms with Gasteiger partial charge in [0.05, 0.1) is 17.8 Å². The molecule has 4 aliphatic rings. The summed E-state index contributed by atoms with van der Waals surface area (Å²) in [5, 5.41) is 19.7. The number of fused-ring (bicyclic) bond motifs is 1. The lowest BCUT2D eigenvalue weighted by atomic mass is 9.90. The predicted molar refractivity (Wildman–Crippen MR) is 44.1 cm³/mol. The number of hydrogen-bond donors (Lipinski definition) is 2. The topological polar surface area (TPSA) is 49.7 Å². The van der Waals surface area contributed by atoms with Crippen molar-refractivity contribution in [1.82, 2.24) is 0 Å². The average Bonchev–Trinajstić information content (AvgIpc) is 2.87. The molecule has 0 aromatic carbocycles. The van der Waals surface area contributed by atoms with Crippen LogP contribution >= 0.6 is 0 Å². The Balaban J connectivity index is 1.80. The SMILES string of the molecule is O[C@@H]1C[C@]12OC1(CC1)C1(CC1)[C@@H]2O. The predicted octanol–water partition coefficient (Wildman–Crippen LogP) is 0.194. The van der Waals surface area contributed by atoms with Crippen molar-refractivity contribution in [2.45, 2.75) is 55.5 Å². The van der Waals surface area contributed by atoms with E-state index in [4.69, 9.17) is 4.74 Å². The van der Waals surface area contributed by atoms with Crippen LogP contribution in [0.15, 0.2) is 0 Å². The average molecular weight is 182 g/mol. The molecule has 4 rings (SSSR count). The lowest BCUT2D eigenvalue weighted by molar-refractivity contribution is -0.0463. The van der Waals surface area contributed by atoms with Gasteiger partial charge in [0.15, 0.2) is 0 Å². The highest BCUT2D eigenvalue weighted by Gasteiger charge is 2.84. The molecule has 0 bridgehead atoms. The van der Waals surface area contributed by atoms with Crippen molar-refractivity contribution in [2.75, 3.05) is 0 Å². The summed E-state index contributed by atoms with van der Waals surface area (Å²) >= 11 is 0. The van der Waals surface area contributed by atoms with Gasteiger partial charge in [-0.2, -0.15) is 0 Å². The van der Waals surface area contributed by atoms with E-state index in [0.29, 0.717) is 6.42 Å².